The maximum atomic E-state index is 5.40. The van der Waals surface area contributed by atoms with Crippen molar-refractivity contribution in [2.75, 3.05) is 6.79 Å². The summed E-state index contributed by atoms with van der Waals surface area (Å²) in [5.41, 5.74) is 3.31. The number of imidazole rings is 1. The first kappa shape index (κ1) is 14.7. The number of hydrogen-bond acceptors (Lipinski definition) is 5. The maximum absolute atomic E-state index is 5.40. The summed E-state index contributed by atoms with van der Waals surface area (Å²) in [6, 6.07) is 21.3. The van der Waals surface area contributed by atoms with Gasteiger partial charge >= 0.3 is 0 Å². The summed E-state index contributed by atoms with van der Waals surface area (Å²) in [6.45, 7) is 0.237. The van der Waals surface area contributed by atoms with Crippen LogP contribution in [0.5, 0.6) is 11.5 Å². The molecule has 26 heavy (non-hydrogen) atoms. The van der Waals surface area contributed by atoms with E-state index in [-0.39, 0.29) is 6.79 Å². The smallest absolute Gasteiger partial charge is 0.231 e. The van der Waals surface area contributed by atoms with E-state index in [9.17, 15) is 0 Å². The number of pyridine rings is 1. The fraction of sp³-hybridized carbons (Fsp3) is 0.0500. The SMILES string of the molecule is c1ccc(-c2nc3ccccn3c2N=Nc2ccc3c(c2)OCO3)cc1. The number of benzene rings is 2. The third kappa shape index (κ3) is 2.48. The van der Waals surface area contributed by atoms with Crippen molar-refractivity contribution in [3.05, 3.63) is 72.9 Å². The van der Waals surface area contributed by atoms with Crippen molar-refractivity contribution in [1.29, 1.82) is 0 Å². The summed E-state index contributed by atoms with van der Waals surface area (Å²) in [5, 5.41) is 8.89. The van der Waals surface area contributed by atoms with E-state index in [1.165, 1.54) is 0 Å². The number of aromatic nitrogens is 2. The van der Waals surface area contributed by atoms with Crippen LogP contribution in [0.4, 0.5) is 11.5 Å². The zero-order valence-electron chi connectivity index (χ0n) is 13.7. The lowest BCUT2D eigenvalue weighted by Crippen LogP contribution is -1.92. The van der Waals surface area contributed by atoms with Crippen LogP contribution in [0.1, 0.15) is 0 Å². The Bertz CT molecular complexity index is 1120. The number of azo groups is 1. The lowest BCUT2D eigenvalue weighted by molar-refractivity contribution is 0.174. The molecule has 5 rings (SSSR count). The van der Waals surface area contributed by atoms with E-state index >= 15 is 0 Å². The molecule has 3 heterocycles. The van der Waals surface area contributed by atoms with E-state index in [1.54, 1.807) is 0 Å². The van der Waals surface area contributed by atoms with E-state index in [2.05, 4.69) is 10.2 Å². The van der Waals surface area contributed by atoms with E-state index in [1.807, 2.05) is 77.3 Å². The van der Waals surface area contributed by atoms with Crippen molar-refractivity contribution >= 4 is 17.2 Å². The molecule has 0 unspecified atom stereocenters. The monoisotopic (exact) mass is 342 g/mol. The van der Waals surface area contributed by atoms with Crippen LogP contribution in [-0.2, 0) is 0 Å². The van der Waals surface area contributed by atoms with Crippen molar-refractivity contribution in [3.63, 3.8) is 0 Å². The average molecular weight is 342 g/mol. The van der Waals surface area contributed by atoms with Gasteiger partial charge < -0.3 is 9.47 Å². The molecule has 4 aromatic rings. The molecule has 0 spiro atoms. The predicted octanol–water partition coefficient (Wildman–Crippen LogP) is 5.15. The molecule has 0 fully saturated rings. The van der Waals surface area contributed by atoms with Crippen LogP contribution < -0.4 is 9.47 Å². The van der Waals surface area contributed by atoms with Gasteiger partial charge in [-0.2, -0.15) is 0 Å². The van der Waals surface area contributed by atoms with Crippen molar-refractivity contribution in [2.24, 2.45) is 10.2 Å². The first-order chi connectivity index (χ1) is 12.9. The minimum atomic E-state index is 0.237. The van der Waals surface area contributed by atoms with E-state index in [0.717, 1.165) is 22.7 Å². The fourth-order valence-electron chi connectivity index (χ4n) is 2.92. The third-order valence-electron chi connectivity index (χ3n) is 4.17. The van der Waals surface area contributed by atoms with Gasteiger partial charge in [-0.1, -0.05) is 36.4 Å². The molecule has 0 atom stereocenters. The Balaban J connectivity index is 1.61. The molecule has 2 aromatic heterocycles. The molecule has 0 radical (unpaired) electrons. The molecule has 0 amide bonds. The number of fused-ring (bicyclic) bond motifs is 2. The van der Waals surface area contributed by atoms with Crippen molar-refractivity contribution in [3.8, 4) is 22.8 Å². The average Bonchev–Trinajstić information content (AvgIpc) is 3.31. The molecular weight excluding hydrogens is 328 g/mol. The van der Waals surface area contributed by atoms with E-state index < -0.39 is 0 Å². The molecule has 1 aliphatic rings. The summed E-state index contributed by atoms with van der Waals surface area (Å²) < 4.78 is 12.7. The quantitative estimate of drug-likeness (QED) is 0.484. The molecule has 0 saturated heterocycles. The zero-order valence-corrected chi connectivity index (χ0v) is 13.7. The summed E-state index contributed by atoms with van der Waals surface area (Å²) in [4.78, 5) is 4.72. The number of rotatable bonds is 3. The maximum Gasteiger partial charge on any atom is 0.231 e. The molecule has 0 aliphatic carbocycles. The zero-order chi connectivity index (χ0) is 17.3. The lowest BCUT2D eigenvalue weighted by atomic mass is 10.1. The normalized spacial score (nSPS) is 12.9. The second-order valence-corrected chi connectivity index (χ2v) is 5.82. The Morgan fingerprint density at radius 2 is 1.69 bits per heavy atom. The Kier molecular flexibility index (Phi) is 3.38. The molecule has 6 nitrogen and oxygen atoms in total. The number of ether oxygens (including phenoxy) is 2. The molecule has 126 valence electrons. The second kappa shape index (κ2) is 6.00. The third-order valence-corrected chi connectivity index (χ3v) is 4.17. The molecule has 6 heteroatoms. The van der Waals surface area contributed by atoms with E-state index in [0.29, 0.717) is 17.3 Å². The van der Waals surface area contributed by atoms with Crippen molar-refractivity contribution in [2.45, 2.75) is 0 Å². The molecular formula is C20H14N4O2. The highest BCUT2D eigenvalue weighted by molar-refractivity contribution is 5.74. The van der Waals surface area contributed by atoms with Gasteiger partial charge in [-0.3, -0.25) is 4.40 Å². The number of hydrogen-bond donors (Lipinski definition) is 0. The molecule has 0 N–H and O–H groups in total. The predicted molar refractivity (Wildman–Crippen MR) is 97.4 cm³/mol. The van der Waals surface area contributed by atoms with Crippen LogP contribution in [0.15, 0.2) is 83.2 Å². The van der Waals surface area contributed by atoms with Gasteiger partial charge in [0.2, 0.25) is 6.79 Å². The highest BCUT2D eigenvalue weighted by atomic mass is 16.7. The lowest BCUT2D eigenvalue weighted by Gasteiger charge is -2.00. The Morgan fingerprint density at radius 1 is 0.846 bits per heavy atom. The largest absolute Gasteiger partial charge is 0.454 e. The van der Waals surface area contributed by atoms with Gasteiger partial charge in [0.1, 0.15) is 11.3 Å². The first-order valence-corrected chi connectivity index (χ1v) is 8.22. The Labute approximate surface area is 149 Å². The van der Waals surface area contributed by atoms with Gasteiger partial charge in [0.15, 0.2) is 17.3 Å². The van der Waals surface area contributed by atoms with Crippen molar-refractivity contribution < 1.29 is 9.47 Å². The van der Waals surface area contributed by atoms with Gasteiger partial charge in [-0.05, 0) is 24.3 Å². The molecule has 0 bridgehead atoms. The van der Waals surface area contributed by atoms with Crippen LogP contribution >= 0.6 is 0 Å². The van der Waals surface area contributed by atoms with Gasteiger partial charge in [-0.15, -0.1) is 10.2 Å². The first-order valence-electron chi connectivity index (χ1n) is 8.22. The summed E-state index contributed by atoms with van der Waals surface area (Å²) in [6.07, 6.45) is 1.93. The molecule has 2 aromatic carbocycles. The Hall–Kier alpha value is -3.67. The van der Waals surface area contributed by atoms with Crippen LogP contribution in [0, 0.1) is 0 Å². The second-order valence-electron chi connectivity index (χ2n) is 5.82. The van der Waals surface area contributed by atoms with E-state index in [4.69, 9.17) is 14.5 Å². The number of nitrogens with zero attached hydrogens (tertiary/aromatic N) is 4. The van der Waals surface area contributed by atoms with Crippen LogP contribution in [0.25, 0.3) is 16.9 Å². The summed E-state index contributed by atoms with van der Waals surface area (Å²) >= 11 is 0. The topological polar surface area (TPSA) is 60.5 Å². The Morgan fingerprint density at radius 3 is 2.62 bits per heavy atom. The standard InChI is InChI=1S/C20H14N4O2/c1-2-6-14(7-3-1)19-20(24-11-5-4-8-18(24)21-19)23-22-15-9-10-16-17(12-15)26-13-25-16/h1-12H,13H2. The van der Waals surface area contributed by atoms with Crippen LogP contribution in [0.3, 0.4) is 0 Å². The van der Waals surface area contributed by atoms with Gasteiger partial charge in [0, 0.05) is 17.8 Å². The minimum absolute atomic E-state index is 0.237. The van der Waals surface area contributed by atoms with Gasteiger partial charge in [0.05, 0.1) is 5.69 Å². The fourth-order valence-corrected chi connectivity index (χ4v) is 2.92. The van der Waals surface area contributed by atoms with Crippen LogP contribution in [0.2, 0.25) is 0 Å². The summed E-state index contributed by atoms with van der Waals surface area (Å²) in [7, 11) is 0. The highest BCUT2D eigenvalue weighted by Gasteiger charge is 2.15. The highest BCUT2D eigenvalue weighted by Crippen LogP contribution is 2.37. The summed E-state index contributed by atoms with van der Waals surface area (Å²) in [5.74, 6) is 2.09. The van der Waals surface area contributed by atoms with Gasteiger partial charge in [-0.25, -0.2) is 4.98 Å². The van der Waals surface area contributed by atoms with Crippen molar-refractivity contribution in [1.82, 2.24) is 9.38 Å². The minimum Gasteiger partial charge on any atom is -0.454 e. The van der Waals surface area contributed by atoms with Crippen LogP contribution in [-0.4, -0.2) is 16.2 Å². The molecule has 0 saturated carbocycles. The van der Waals surface area contributed by atoms with Gasteiger partial charge in [0.25, 0.3) is 0 Å². The molecule has 1 aliphatic heterocycles.